The van der Waals surface area contributed by atoms with Gasteiger partial charge in [0, 0.05) is 12.6 Å². The standard InChI is InChI=1S/C11H11N3O4/c1-17-10-7(3-2-6-12-10)11-14-13-8(18-11)4-5-9(15)16/h2-3,6H,4-5H2,1H3,(H,15,16). The number of aromatic nitrogens is 3. The van der Waals surface area contributed by atoms with E-state index in [0.29, 0.717) is 11.4 Å². The van der Waals surface area contributed by atoms with Crippen molar-refractivity contribution < 1.29 is 19.1 Å². The minimum absolute atomic E-state index is 0.0498. The van der Waals surface area contributed by atoms with Gasteiger partial charge in [-0.05, 0) is 12.1 Å². The van der Waals surface area contributed by atoms with Crippen molar-refractivity contribution in [2.24, 2.45) is 0 Å². The zero-order chi connectivity index (χ0) is 13.0. The minimum atomic E-state index is -0.909. The van der Waals surface area contributed by atoms with Gasteiger partial charge in [-0.15, -0.1) is 10.2 Å². The molecular weight excluding hydrogens is 238 g/mol. The molecule has 7 nitrogen and oxygen atoms in total. The Balaban J connectivity index is 2.21. The quantitative estimate of drug-likeness (QED) is 0.848. The van der Waals surface area contributed by atoms with Crippen molar-refractivity contribution in [2.45, 2.75) is 12.8 Å². The van der Waals surface area contributed by atoms with Crippen molar-refractivity contribution in [2.75, 3.05) is 7.11 Å². The highest BCUT2D eigenvalue weighted by Crippen LogP contribution is 2.26. The fourth-order valence-corrected chi connectivity index (χ4v) is 1.39. The molecule has 94 valence electrons. The summed E-state index contributed by atoms with van der Waals surface area (Å²) in [5.41, 5.74) is 0.578. The minimum Gasteiger partial charge on any atom is -0.481 e. The van der Waals surface area contributed by atoms with Gasteiger partial charge in [0.25, 0.3) is 5.89 Å². The van der Waals surface area contributed by atoms with Gasteiger partial charge in [-0.3, -0.25) is 4.79 Å². The third kappa shape index (κ3) is 2.62. The van der Waals surface area contributed by atoms with Crippen LogP contribution in [0.4, 0.5) is 0 Å². The van der Waals surface area contributed by atoms with Gasteiger partial charge in [-0.2, -0.15) is 0 Å². The average Bonchev–Trinajstić information content (AvgIpc) is 2.85. The van der Waals surface area contributed by atoms with Crippen molar-refractivity contribution in [3.63, 3.8) is 0 Å². The predicted octanol–water partition coefficient (Wildman–Crippen LogP) is 1.16. The number of carboxylic acids is 1. The van der Waals surface area contributed by atoms with Crippen LogP contribution in [0.5, 0.6) is 5.88 Å². The number of hydrogen-bond acceptors (Lipinski definition) is 6. The molecule has 0 aliphatic carbocycles. The van der Waals surface area contributed by atoms with E-state index in [-0.39, 0.29) is 24.6 Å². The summed E-state index contributed by atoms with van der Waals surface area (Å²) in [6.45, 7) is 0. The van der Waals surface area contributed by atoms with Crippen molar-refractivity contribution >= 4 is 5.97 Å². The maximum atomic E-state index is 10.4. The molecular formula is C11H11N3O4. The molecule has 2 aromatic heterocycles. The van der Waals surface area contributed by atoms with Crippen molar-refractivity contribution in [1.82, 2.24) is 15.2 Å². The van der Waals surface area contributed by atoms with Gasteiger partial charge in [0.05, 0.1) is 13.5 Å². The molecule has 0 saturated heterocycles. The zero-order valence-corrected chi connectivity index (χ0v) is 9.66. The molecule has 1 N–H and O–H groups in total. The number of carbonyl (C=O) groups is 1. The second-order valence-corrected chi connectivity index (χ2v) is 3.45. The Bertz CT molecular complexity index is 553. The lowest BCUT2D eigenvalue weighted by molar-refractivity contribution is -0.137. The van der Waals surface area contributed by atoms with E-state index in [9.17, 15) is 4.79 Å². The summed E-state index contributed by atoms with van der Waals surface area (Å²) in [5, 5.41) is 16.2. The van der Waals surface area contributed by atoms with Crippen LogP contribution in [0.3, 0.4) is 0 Å². The van der Waals surface area contributed by atoms with Crippen LogP contribution < -0.4 is 4.74 Å². The van der Waals surface area contributed by atoms with Crippen LogP contribution in [-0.2, 0) is 11.2 Å². The third-order valence-electron chi connectivity index (χ3n) is 2.21. The molecule has 0 aliphatic rings. The number of nitrogens with zero attached hydrogens (tertiary/aromatic N) is 3. The molecule has 2 aromatic rings. The molecule has 0 fully saturated rings. The van der Waals surface area contributed by atoms with Gasteiger partial charge >= 0.3 is 5.97 Å². The predicted molar refractivity (Wildman–Crippen MR) is 60.0 cm³/mol. The molecule has 0 aliphatic heterocycles. The van der Waals surface area contributed by atoms with Crippen LogP contribution >= 0.6 is 0 Å². The third-order valence-corrected chi connectivity index (χ3v) is 2.21. The van der Waals surface area contributed by atoms with Crippen LogP contribution in [0.1, 0.15) is 12.3 Å². The zero-order valence-electron chi connectivity index (χ0n) is 9.66. The highest BCUT2D eigenvalue weighted by atomic mass is 16.5. The largest absolute Gasteiger partial charge is 0.481 e. The van der Waals surface area contributed by atoms with E-state index in [0.717, 1.165) is 0 Å². The topological polar surface area (TPSA) is 98.3 Å². The molecule has 2 rings (SSSR count). The first-order valence-corrected chi connectivity index (χ1v) is 5.24. The molecule has 0 amide bonds. The lowest BCUT2D eigenvalue weighted by atomic mass is 10.3. The summed E-state index contributed by atoms with van der Waals surface area (Å²) in [5.74, 6) is 0.0123. The lowest BCUT2D eigenvalue weighted by Crippen LogP contribution is -1.97. The van der Waals surface area contributed by atoms with Crippen LogP contribution in [0.25, 0.3) is 11.5 Å². The van der Waals surface area contributed by atoms with Crippen molar-refractivity contribution in [3.8, 4) is 17.3 Å². The fourth-order valence-electron chi connectivity index (χ4n) is 1.39. The van der Waals surface area contributed by atoms with E-state index in [2.05, 4.69) is 15.2 Å². The molecule has 0 saturated carbocycles. The van der Waals surface area contributed by atoms with Gasteiger partial charge in [-0.25, -0.2) is 4.98 Å². The normalized spacial score (nSPS) is 10.3. The molecule has 0 radical (unpaired) electrons. The Kier molecular flexibility index (Phi) is 3.52. The summed E-state index contributed by atoms with van der Waals surface area (Å²) in [6.07, 6.45) is 1.74. The number of aryl methyl sites for hydroxylation is 1. The molecule has 0 unspecified atom stereocenters. The van der Waals surface area contributed by atoms with Crippen LogP contribution in [0.15, 0.2) is 22.7 Å². The number of aliphatic carboxylic acids is 1. The summed E-state index contributed by atoms with van der Waals surface area (Å²) in [7, 11) is 1.49. The number of methoxy groups -OCH3 is 1. The van der Waals surface area contributed by atoms with Crippen LogP contribution in [0.2, 0.25) is 0 Å². The molecule has 0 bridgehead atoms. The maximum Gasteiger partial charge on any atom is 0.303 e. The second-order valence-electron chi connectivity index (χ2n) is 3.45. The van der Waals surface area contributed by atoms with E-state index >= 15 is 0 Å². The average molecular weight is 249 g/mol. The molecule has 7 heteroatoms. The highest BCUT2D eigenvalue weighted by molar-refractivity contribution is 5.66. The van der Waals surface area contributed by atoms with E-state index in [1.807, 2.05) is 0 Å². The first-order valence-electron chi connectivity index (χ1n) is 5.24. The van der Waals surface area contributed by atoms with Gasteiger partial charge in [0.15, 0.2) is 0 Å². The number of ether oxygens (including phenoxy) is 1. The number of hydrogen-bond donors (Lipinski definition) is 1. The molecule has 18 heavy (non-hydrogen) atoms. The summed E-state index contributed by atoms with van der Waals surface area (Å²) >= 11 is 0. The van der Waals surface area contributed by atoms with Crippen molar-refractivity contribution in [3.05, 3.63) is 24.2 Å². The smallest absolute Gasteiger partial charge is 0.303 e. The van der Waals surface area contributed by atoms with E-state index in [1.54, 1.807) is 18.3 Å². The second kappa shape index (κ2) is 5.26. The SMILES string of the molecule is COc1ncccc1-c1nnc(CCC(=O)O)o1. The number of pyridine rings is 1. The molecule has 2 heterocycles. The number of rotatable bonds is 5. The first kappa shape index (κ1) is 12.0. The fraction of sp³-hybridized carbons (Fsp3) is 0.273. The van der Waals surface area contributed by atoms with Gasteiger partial charge in [0.1, 0.15) is 5.56 Å². The molecule has 0 atom stereocenters. The number of carboxylic acid groups (broad SMARTS) is 1. The van der Waals surface area contributed by atoms with Crippen LogP contribution in [-0.4, -0.2) is 33.4 Å². The van der Waals surface area contributed by atoms with Gasteiger partial charge in [-0.1, -0.05) is 0 Å². The molecule has 0 spiro atoms. The Hall–Kier alpha value is -2.44. The molecule has 0 aromatic carbocycles. The Labute approximate surface area is 102 Å². The van der Waals surface area contributed by atoms with E-state index in [4.69, 9.17) is 14.3 Å². The maximum absolute atomic E-state index is 10.4. The van der Waals surface area contributed by atoms with Gasteiger partial charge in [0.2, 0.25) is 11.8 Å². The van der Waals surface area contributed by atoms with E-state index < -0.39 is 5.97 Å². The monoisotopic (exact) mass is 249 g/mol. The van der Waals surface area contributed by atoms with Crippen molar-refractivity contribution in [1.29, 1.82) is 0 Å². The van der Waals surface area contributed by atoms with E-state index in [1.165, 1.54) is 7.11 Å². The summed E-state index contributed by atoms with van der Waals surface area (Å²) in [4.78, 5) is 14.4. The first-order chi connectivity index (χ1) is 8.70. The Morgan fingerprint density at radius 3 is 3.06 bits per heavy atom. The Morgan fingerprint density at radius 2 is 2.33 bits per heavy atom. The highest BCUT2D eigenvalue weighted by Gasteiger charge is 2.14. The summed E-state index contributed by atoms with van der Waals surface area (Å²) < 4.78 is 10.4. The lowest BCUT2D eigenvalue weighted by Gasteiger charge is -2.01. The summed E-state index contributed by atoms with van der Waals surface area (Å²) in [6, 6.07) is 3.46. The van der Waals surface area contributed by atoms with Gasteiger partial charge < -0.3 is 14.3 Å². The Morgan fingerprint density at radius 1 is 1.50 bits per heavy atom. The van der Waals surface area contributed by atoms with Crippen LogP contribution in [0, 0.1) is 0 Å².